The SMILES string of the molecule is CCCCCOC(=O)CNC(=S)NC(=O)c1ccc(C)cc1. The molecule has 22 heavy (non-hydrogen) atoms. The molecule has 0 aliphatic rings. The van der Waals surface area contributed by atoms with Gasteiger partial charge in [-0.1, -0.05) is 37.5 Å². The average Bonchev–Trinajstić information content (AvgIpc) is 2.50. The third-order valence-electron chi connectivity index (χ3n) is 2.95. The quantitative estimate of drug-likeness (QED) is 0.458. The Balaban J connectivity index is 2.26. The molecule has 0 spiro atoms. The maximum absolute atomic E-state index is 11.9. The molecule has 1 amide bonds. The van der Waals surface area contributed by atoms with Crippen LogP contribution in [0.2, 0.25) is 0 Å². The second-order valence-electron chi connectivity index (χ2n) is 4.93. The molecule has 0 aliphatic heterocycles. The zero-order valence-corrected chi connectivity index (χ0v) is 13.8. The van der Waals surface area contributed by atoms with Gasteiger partial charge in [-0.25, -0.2) is 0 Å². The number of hydrogen-bond donors (Lipinski definition) is 2. The zero-order chi connectivity index (χ0) is 16.4. The van der Waals surface area contributed by atoms with Gasteiger partial charge in [0.1, 0.15) is 6.54 Å². The normalized spacial score (nSPS) is 9.91. The molecule has 1 rings (SSSR count). The second kappa shape index (κ2) is 9.89. The lowest BCUT2D eigenvalue weighted by molar-refractivity contribution is -0.142. The summed E-state index contributed by atoms with van der Waals surface area (Å²) in [6, 6.07) is 7.13. The van der Waals surface area contributed by atoms with Gasteiger partial charge in [0.2, 0.25) is 0 Å². The van der Waals surface area contributed by atoms with E-state index in [0.717, 1.165) is 24.8 Å². The van der Waals surface area contributed by atoms with Gasteiger partial charge in [-0.3, -0.25) is 14.9 Å². The molecule has 120 valence electrons. The highest BCUT2D eigenvalue weighted by Gasteiger charge is 2.09. The van der Waals surface area contributed by atoms with Gasteiger partial charge in [-0.15, -0.1) is 0 Å². The highest BCUT2D eigenvalue weighted by molar-refractivity contribution is 7.80. The first-order valence-corrected chi connectivity index (χ1v) is 7.75. The number of esters is 1. The molecular formula is C16H22N2O3S. The summed E-state index contributed by atoms with van der Waals surface area (Å²) in [6.45, 7) is 4.38. The lowest BCUT2D eigenvalue weighted by Crippen LogP contribution is -2.41. The molecule has 0 saturated carbocycles. The van der Waals surface area contributed by atoms with Gasteiger partial charge in [-0.05, 0) is 37.7 Å². The predicted octanol–water partition coefficient (Wildman–Crippen LogP) is 2.33. The molecule has 0 heterocycles. The van der Waals surface area contributed by atoms with Crippen molar-refractivity contribution in [2.45, 2.75) is 33.1 Å². The number of carbonyl (C=O) groups is 2. The number of ether oxygens (including phenoxy) is 1. The summed E-state index contributed by atoms with van der Waals surface area (Å²) >= 11 is 4.98. The van der Waals surface area contributed by atoms with Gasteiger partial charge in [0.25, 0.3) is 5.91 Å². The van der Waals surface area contributed by atoms with Gasteiger partial charge in [0.15, 0.2) is 5.11 Å². The van der Waals surface area contributed by atoms with Gasteiger partial charge in [0.05, 0.1) is 6.61 Å². The number of carbonyl (C=O) groups excluding carboxylic acids is 2. The molecule has 6 heteroatoms. The molecule has 0 bridgehead atoms. The van der Waals surface area contributed by atoms with Crippen molar-refractivity contribution in [1.29, 1.82) is 0 Å². The van der Waals surface area contributed by atoms with E-state index in [4.69, 9.17) is 17.0 Å². The number of nitrogens with one attached hydrogen (secondary N) is 2. The van der Waals surface area contributed by atoms with Crippen molar-refractivity contribution in [2.75, 3.05) is 13.2 Å². The van der Waals surface area contributed by atoms with Crippen LogP contribution in [0, 0.1) is 6.92 Å². The average molecular weight is 322 g/mol. The van der Waals surface area contributed by atoms with E-state index < -0.39 is 0 Å². The van der Waals surface area contributed by atoms with Crippen molar-refractivity contribution < 1.29 is 14.3 Å². The molecule has 0 aromatic heterocycles. The largest absolute Gasteiger partial charge is 0.464 e. The second-order valence-corrected chi connectivity index (χ2v) is 5.34. The monoisotopic (exact) mass is 322 g/mol. The maximum atomic E-state index is 11.9. The van der Waals surface area contributed by atoms with Crippen molar-refractivity contribution in [3.63, 3.8) is 0 Å². The minimum absolute atomic E-state index is 0.0564. The molecule has 2 N–H and O–H groups in total. The molecule has 1 aromatic rings. The minimum Gasteiger partial charge on any atom is -0.464 e. The van der Waals surface area contributed by atoms with Crippen molar-refractivity contribution >= 4 is 29.2 Å². The Kier molecular flexibility index (Phi) is 8.14. The first kappa shape index (κ1) is 18.1. The molecule has 1 aromatic carbocycles. The minimum atomic E-state index is -0.386. The molecule has 0 unspecified atom stereocenters. The molecule has 0 atom stereocenters. The van der Waals surface area contributed by atoms with Gasteiger partial charge >= 0.3 is 5.97 Å². The van der Waals surface area contributed by atoms with Crippen molar-refractivity contribution in [3.8, 4) is 0 Å². The molecule has 0 saturated heterocycles. The summed E-state index contributed by atoms with van der Waals surface area (Å²) in [6.07, 6.45) is 2.97. The molecular weight excluding hydrogens is 300 g/mol. The molecule has 5 nitrogen and oxygen atoms in total. The fourth-order valence-electron chi connectivity index (χ4n) is 1.67. The van der Waals surface area contributed by atoms with E-state index in [-0.39, 0.29) is 23.5 Å². The van der Waals surface area contributed by atoms with E-state index in [0.29, 0.717) is 12.2 Å². The Hall–Kier alpha value is -1.95. The van der Waals surface area contributed by atoms with E-state index >= 15 is 0 Å². The van der Waals surface area contributed by atoms with Crippen molar-refractivity contribution in [1.82, 2.24) is 10.6 Å². The van der Waals surface area contributed by atoms with Gasteiger partial charge in [0, 0.05) is 5.56 Å². The summed E-state index contributed by atoms with van der Waals surface area (Å²) in [7, 11) is 0. The van der Waals surface area contributed by atoms with Crippen LogP contribution in [0.1, 0.15) is 42.1 Å². The number of aryl methyl sites for hydroxylation is 1. The summed E-state index contributed by atoms with van der Waals surface area (Å²) in [5.74, 6) is -0.697. The lowest BCUT2D eigenvalue weighted by atomic mass is 10.1. The number of rotatable bonds is 7. The lowest BCUT2D eigenvalue weighted by Gasteiger charge is -2.09. The van der Waals surface area contributed by atoms with Crippen LogP contribution in [0.3, 0.4) is 0 Å². The number of hydrogen-bond acceptors (Lipinski definition) is 4. The van der Waals surface area contributed by atoms with Gasteiger partial charge in [-0.2, -0.15) is 0 Å². The van der Waals surface area contributed by atoms with E-state index in [9.17, 15) is 9.59 Å². The van der Waals surface area contributed by atoms with Crippen LogP contribution in [0.5, 0.6) is 0 Å². The Morgan fingerprint density at radius 2 is 1.86 bits per heavy atom. The summed E-state index contributed by atoms with van der Waals surface area (Å²) in [4.78, 5) is 23.3. The molecule has 0 radical (unpaired) electrons. The van der Waals surface area contributed by atoms with Crippen LogP contribution < -0.4 is 10.6 Å². The third-order valence-corrected chi connectivity index (χ3v) is 3.19. The highest BCUT2D eigenvalue weighted by atomic mass is 32.1. The number of amides is 1. The number of benzene rings is 1. The first-order valence-electron chi connectivity index (χ1n) is 7.34. The van der Waals surface area contributed by atoms with Crippen LogP contribution >= 0.6 is 12.2 Å². The standard InChI is InChI=1S/C16H22N2O3S/c1-3-4-5-10-21-14(19)11-17-16(22)18-15(20)13-8-6-12(2)7-9-13/h6-9H,3-5,10-11H2,1-2H3,(H2,17,18,20,22). The zero-order valence-electron chi connectivity index (χ0n) is 13.0. The Morgan fingerprint density at radius 1 is 1.18 bits per heavy atom. The van der Waals surface area contributed by atoms with Crippen molar-refractivity contribution in [2.24, 2.45) is 0 Å². The van der Waals surface area contributed by atoms with Crippen LogP contribution in [0.25, 0.3) is 0 Å². The number of unbranched alkanes of at least 4 members (excludes halogenated alkanes) is 2. The fourth-order valence-corrected chi connectivity index (χ4v) is 1.83. The molecule has 0 aliphatic carbocycles. The summed E-state index contributed by atoms with van der Waals surface area (Å²) in [5.41, 5.74) is 1.58. The smallest absolute Gasteiger partial charge is 0.325 e. The summed E-state index contributed by atoms with van der Waals surface area (Å²) < 4.78 is 5.02. The topological polar surface area (TPSA) is 67.4 Å². The van der Waals surface area contributed by atoms with Crippen molar-refractivity contribution in [3.05, 3.63) is 35.4 Å². The van der Waals surface area contributed by atoms with Crippen LogP contribution in [-0.4, -0.2) is 30.1 Å². The van der Waals surface area contributed by atoms with E-state index in [1.54, 1.807) is 12.1 Å². The molecule has 0 fully saturated rings. The van der Waals surface area contributed by atoms with Crippen LogP contribution in [0.4, 0.5) is 0 Å². The highest BCUT2D eigenvalue weighted by Crippen LogP contribution is 2.02. The van der Waals surface area contributed by atoms with Gasteiger partial charge < -0.3 is 10.1 Å². The Bertz CT molecular complexity index is 515. The Labute approximate surface area is 136 Å². The van der Waals surface area contributed by atoms with E-state index in [2.05, 4.69) is 17.6 Å². The first-order chi connectivity index (χ1) is 10.5. The fraction of sp³-hybridized carbons (Fsp3) is 0.438. The Morgan fingerprint density at radius 3 is 2.50 bits per heavy atom. The van der Waals surface area contributed by atoms with E-state index in [1.165, 1.54) is 0 Å². The third kappa shape index (κ3) is 7.17. The van der Waals surface area contributed by atoms with E-state index in [1.807, 2.05) is 19.1 Å². The van der Waals surface area contributed by atoms with Crippen LogP contribution in [-0.2, 0) is 9.53 Å². The number of thiocarbonyl (C=S) groups is 1. The summed E-state index contributed by atoms with van der Waals surface area (Å²) in [5, 5.41) is 5.29. The van der Waals surface area contributed by atoms with Crippen LogP contribution in [0.15, 0.2) is 24.3 Å². The maximum Gasteiger partial charge on any atom is 0.325 e. The predicted molar refractivity (Wildman–Crippen MR) is 89.7 cm³/mol.